The average molecular weight is 538 g/mol. The van der Waals surface area contributed by atoms with Gasteiger partial charge in [-0.1, -0.05) is 109 Å². The van der Waals surface area contributed by atoms with Crippen molar-refractivity contribution in [2.45, 2.75) is 0 Å². The fourth-order valence-corrected chi connectivity index (χ4v) is 7.94. The first kappa shape index (κ1) is 22.7. The van der Waals surface area contributed by atoms with Crippen molar-refractivity contribution in [1.82, 2.24) is 4.98 Å². The van der Waals surface area contributed by atoms with Crippen LogP contribution in [0, 0.1) is 0 Å². The van der Waals surface area contributed by atoms with E-state index in [2.05, 4.69) is 127 Å². The van der Waals surface area contributed by atoms with Crippen LogP contribution in [0.25, 0.3) is 86.7 Å². The van der Waals surface area contributed by atoms with Crippen LogP contribution < -0.4 is 0 Å². The Hall–Kier alpha value is -5.05. The van der Waals surface area contributed by atoms with Crippen LogP contribution in [-0.4, -0.2) is 4.98 Å². The minimum Gasteiger partial charge on any atom is -0.256 e. The highest BCUT2D eigenvalue weighted by Gasteiger charge is 2.25. The van der Waals surface area contributed by atoms with Crippen molar-refractivity contribution in [3.63, 3.8) is 0 Å². The third-order valence-electron chi connectivity index (χ3n) is 8.50. The quantitative estimate of drug-likeness (QED) is 0.203. The molecule has 2 aromatic heterocycles. The molecule has 2 heterocycles. The van der Waals surface area contributed by atoms with Crippen molar-refractivity contribution in [3.05, 3.63) is 140 Å². The summed E-state index contributed by atoms with van der Waals surface area (Å²) in [6.45, 7) is 0. The van der Waals surface area contributed by atoms with E-state index in [9.17, 15) is 0 Å². The summed E-state index contributed by atoms with van der Waals surface area (Å²) in [5.74, 6) is 0. The van der Waals surface area contributed by atoms with E-state index < -0.39 is 0 Å². The topological polar surface area (TPSA) is 12.9 Å². The van der Waals surface area contributed by atoms with Crippen LogP contribution in [-0.2, 0) is 0 Å². The van der Waals surface area contributed by atoms with E-state index in [1.165, 1.54) is 75.8 Å². The van der Waals surface area contributed by atoms with E-state index in [-0.39, 0.29) is 0 Å². The molecule has 9 rings (SSSR count). The Balaban J connectivity index is 1.46. The number of benzene rings is 6. The van der Waals surface area contributed by atoms with Gasteiger partial charge in [0.2, 0.25) is 0 Å². The number of rotatable bonds is 1. The lowest BCUT2D eigenvalue weighted by molar-refractivity contribution is 1.41. The van der Waals surface area contributed by atoms with E-state index in [1.54, 1.807) is 0 Å². The van der Waals surface area contributed by atoms with Crippen LogP contribution in [0.2, 0.25) is 0 Å². The van der Waals surface area contributed by atoms with Crippen LogP contribution in [0.15, 0.2) is 140 Å². The smallest absolute Gasteiger partial charge is 0.0708 e. The summed E-state index contributed by atoms with van der Waals surface area (Å²) >= 11 is 1.89. The molecule has 0 saturated carbocycles. The van der Waals surface area contributed by atoms with Gasteiger partial charge in [-0.25, -0.2) is 0 Å². The first-order valence-corrected chi connectivity index (χ1v) is 14.8. The molecule has 8 aromatic rings. The standard InChI is InChI=1S/C39H23NS/c1-2-13-27-25(11-1)26-12-3-4-15-29(26)38-30(33-19-8-18-32-28-14-5-6-20-37(28)41-39(32)33)16-7-17-31(38)35-23-36-24(22-34(27)35)10-9-21-40-36/h1-23H. The van der Waals surface area contributed by atoms with E-state index in [1.807, 2.05) is 23.6 Å². The predicted octanol–water partition coefficient (Wildman–Crippen LogP) is 11.3. The van der Waals surface area contributed by atoms with Gasteiger partial charge in [0, 0.05) is 37.3 Å². The average Bonchev–Trinajstić information content (AvgIpc) is 3.42. The van der Waals surface area contributed by atoms with Crippen molar-refractivity contribution in [2.24, 2.45) is 0 Å². The molecule has 41 heavy (non-hydrogen) atoms. The Morgan fingerprint density at radius 2 is 1.00 bits per heavy atom. The second-order valence-electron chi connectivity index (χ2n) is 10.7. The lowest BCUT2D eigenvalue weighted by Crippen LogP contribution is -1.99. The lowest BCUT2D eigenvalue weighted by atomic mass is 9.78. The normalized spacial score (nSPS) is 11.9. The van der Waals surface area contributed by atoms with Gasteiger partial charge in [-0.15, -0.1) is 11.3 Å². The maximum absolute atomic E-state index is 4.76. The lowest BCUT2D eigenvalue weighted by Gasteiger charge is -2.25. The molecule has 0 fully saturated rings. The predicted molar refractivity (Wildman–Crippen MR) is 175 cm³/mol. The SMILES string of the molecule is c1ccc2c(c1)-c1cc3cccnc3cc1-c1cccc(-c3cccc4c3sc3ccccc34)c1-c1ccccc1-2. The van der Waals surface area contributed by atoms with Crippen molar-refractivity contribution in [1.29, 1.82) is 0 Å². The summed E-state index contributed by atoms with van der Waals surface area (Å²) in [6, 6.07) is 48.9. The minimum atomic E-state index is 1.01. The second kappa shape index (κ2) is 8.72. The summed E-state index contributed by atoms with van der Waals surface area (Å²) < 4.78 is 2.66. The zero-order chi connectivity index (χ0) is 26.9. The van der Waals surface area contributed by atoms with Crippen LogP contribution in [0.5, 0.6) is 0 Å². The summed E-state index contributed by atoms with van der Waals surface area (Å²) in [4.78, 5) is 4.76. The molecule has 1 aliphatic rings. The highest BCUT2D eigenvalue weighted by Crippen LogP contribution is 2.52. The number of hydrogen-bond acceptors (Lipinski definition) is 2. The molecule has 1 nitrogen and oxygen atoms in total. The molecule has 2 heteroatoms. The Labute approximate surface area is 242 Å². The van der Waals surface area contributed by atoms with Gasteiger partial charge in [0.05, 0.1) is 5.52 Å². The van der Waals surface area contributed by atoms with E-state index in [0.29, 0.717) is 0 Å². The molecule has 6 aromatic carbocycles. The first-order valence-electron chi connectivity index (χ1n) is 14.0. The molecule has 0 radical (unpaired) electrons. The molecule has 190 valence electrons. The summed E-state index contributed by atoms with van der Waals surface area (Å²) in [5.41, 5.74) is 13.6. The molecule has 0 bridgehead atoms. The Kier molecular flexibility index (Phi) is 4.84. The third-order valence-corrected chi connectivity index (χ3v) is 9.72. The number of aromatic nitrogens is 1. The monoisotopic (exact) mass is 537 g/mol. The number of nitrogens with zero attached hydrogens (tertiary/aromatic N) is 1. The molecule has 0 saturated heterocycles. The maximum atomic E-state index is 4.76. The van der Waals surface area contributed by atoms with Gasteiger partial charge >= 0.3 is 0 Å². The zero-order valence-corrected chi connectivity index (χ0v) is 23.0. The van der Waals surface area contributed by atoms with Gasteiger partial charge in [0.15, 0.2) is 0 Å². The van der Waals surface area contributed by atoms with Crippen LogP contribution in [0.1, 0.15) is 0 Å². The summed E-state index contributed by atoms with van der Waals surface area (Å²) in [5, 5.41) is 3.80. The van der Waals surface area contributed by atoms with Crippen molar-refractivity contribution >= 4 is 42.4 Å². The number of thiophene rings is 1. The highest BCUT2D eigenvalue weighted by atomic mass is 32.1. The van der Waals surface area contributed by atoms with Gasteiger partial charge < -0.3 is 0 Å². The van der Waals surface area contributed by atoms with E-state index >= 15 is 0 Å². The van der Waals surface area contributed by atoms with E-state index in [4.69, 9.17) is 4.98 Å². The molecule has 0 aliphatic heterocycles. The minimum absolute atomic E-state index is 1.01. The van der Waals surface area contributed by atoms with Crippen LogP contribution in [0.3, 0.4) is 0 Å². The van der Waals surface area contributed by atoms with Crippen LogP contribution in [0.4, 0.5) is 0 Å². The summed E-state index contributed by atoms with van der Waals surface area (Å²) in [6.07, 6.45) is 1.89. The fourth-order valence-electron chi connectivity index (χ4n) is 6.71. The first-order chi connectivity index (χ1) is 20.3. The maximum Gasteiger partial charge on any atom is 0.0708 e. The second-order valence-corrected chi connectivity index (χ2v) is 11.7. The number of hydrogen-bond donors (Lipinski definition) is 0. The Morgan fingerprint density at radius 1 is 0.415 bits per heavy atom. The Morgan fingerprint density at radius 3 is 1.85 bits per heavy atom. The zero-order valence-electron chi connectivity index (χ0n) is 22.1. The number of fused-ring (bicyclic) bond motifs is 12. The fraction of sp³-hybridized carbons (Fsp3) is 0. The molecule has 0 spiro atoms. The van der Waals surface area contributed by atoms with E-state index in [0.717, 1.165) is 10.9 Å². The molecular formula is C39H23NS. The molecule has 1 aliphatic carbocycles. The van der Waals surface area contributed by atoms with Gasteiger partial charge in [-0.05, 0) is 74.3 Å². The van der Waals surface area contributed by atoms with Crippen molar-refractivity contribution in [3.8, 4) is 55.6 Å². The van der Waals surface area contributed by atoms with Crippen molar-refractivity contribution in [2.75, 3.05) is 0 Å². The van der Waals surface area contributed by atoms with Gasteiger partial charge in [-0.3, -0.25) is 4.98 Å². The highest BCUT2D eigenvalue weighted by molar-refractivity contribution is 7.26. The molecular weight excluding hydrogens is 515 g/mol. The molecule has 0 amide bonds. The van der Waals surface area contributed by atoms with Crippen molar-refractivity contribution < 1.29 is 0 Å². The summed E-state index contributed by atoms with van der Waals surface area (Å²) in [7, 11) is 0. The number of pyridine rings is 1. The molecule has 0 atom stereocenters. The molecule has 0 N–H and O–H groups in total. The van der Waals surface area contributed by atoms with Crippen LogP contribution >= 0.6 is 11.3 Å². The largest absolute Gasteiger partial charge is 0.256 e. The van der Waals surface area contributed by atoms with Gasteiger partial charge in [0.25, 0.3) is 0 Å². The Bertz CT molecular complexity index is 2320. The van der Waals surface area contributed by atoms with Gasteiger partial charge in [0.1, 0.15) is 0 Å². The third kappa shape index (κ3) is 3.32. The van der Waals surface area contributed by atoms with Gasteiger partial charge in [-0.2, -0.15) is 0 Å². The molecule has 0 unspecified atom stereocenters.